The van der Waals surface area contributed by atoms with E-state index >= 15 is 0 Å². The van der Waals surface area contributed by atoms with Crippen LogP contribution in [0.15, 0.2) is 47.4 Å². The number of ether oxygens (including phenoxy) is 2. The molecule has 0 saturated carbocycles. The summed E-state index contributed by atoms with van der Waals surface area (Å²) in [5.41, 5.74) is 2.35. The fourth-order valence-corrected chi connectivity index (χ4v) is 3.80. The molecule has 3 rings (SSSR count). The van der Waals surface area contributed by atoms with Crippen LogP contribution in [0.4, 0.5) is 10.5 Å². The Balaban J connectivity index is 1.69. The zero-order valence-corrected chi connectivity index (χ0v) is 18.4. The molecule has 1 aliphatic heterocycles. The second-order valence-electron chi connectivity index (χ2n) is 6.72. The average molecular weight is 452 g/mol. The summed E-state index contributed by atoms with van der Waals surface area (Å²) in [5, 5.41) is 10.8. The van der Waals surface area contributed by atoms with E-state index in [2.05, 4.69) is 5.32 Å². The van der Waals surface area contributed by atoms with E-state index in [4.69, 9.17) is 14.7 Å². The number of nitriles is 1. The minimum Gasteiger partial charge on any atom is -0.493 e. The highest BCUT2D eigenvalue weighted by molar-refractivity contribution is 8.18. The number of rotatable bonds is 8. The first kappa shape index (κ1) is 22.9. The molecule has 0 atom stereocenters. The molecule has 1 saturated heterocycles. The lowest BCUT2D eigenvalue weighted by molar-refractivity contribution is -0.127. The van der Waals surface area contributed by atoms with Gasteiger partial charge in [0.25, 0.3) is 11.1 Å². The maximum atomic E-state index is 12.7. The van der Waals surface area contributed by atoms with Gasteiger partial charge in [-0.2, -0.15) is 5.26 Å². The maximum Gasteiger partial charge on any atom is 0.294 e. The van der Waals surface area contributed by atoms with E-state index in [1.165, 1.54) is 7.11 Å². The third kappa shape index (κ3) is 5.47. The van der Waals surface area contributed by atoms with Gasteiger partial charge in [0.05, 0.1) is 12.0 Å². The predicted octanol–water partition coefficient (Wildman–Crippen LogP) is 3.83. The van der Waals surface area contributed by atoms with Gasteiger partial charge in [-0.3, -0.25) is 19.3 Å². The van der Waals surface area contributed by atoms with Crippen LogP contribution in [0.5, 0.6) is 11.5 Å². The number of carbonyl (C=O) groups excluding carboxylic acids is 3. The molecule has 1 aliphatic rings. The highest BCUT2D eigenvalue weighted by Gasteiger charge is 2.36. The van der Waals surface area contributed by atoms with Crippen molar-refractivity contribution in [2.45, 2.75) is 13.3 Å². The molecule has 2 aromatic carbocycles. The molecule has 9 heteroatoms. The average Bonchev–Trinajstić information content (AvgIpc) is 3.05. The lowest BCUT2D eigenvalue weighted by Crippen LogP contribution is -2.36. The fraction of sp³-hybridized carbons (Fsp3) is 0.217. The third-order valence-corrected chi connectivity index (χ3v) is 5.51. The summed E-state index contributed by atoms with van der Waals surface area (Å²) in [6.07, 6.45) is 2.43. The first-order valence-electron chi connectivity index (χ1n) is 9.77. The van der Waals surface area contributed by atoms with Crippen molar-refractivity contribution in [1.29, 1.82) is 5.26 Å². The van der Waals surface area contributed by atoms with Gasteiger partial charge < -0.3 is 14.8 Å². The molecule has 1 heterocycles. The standard InChI is InChI=1S/C23H21N3O5S/c1-3-15-4-7-17(8-5-15)25-21(27)14-26-22(28)20(32-23(26)29)13-16-6-9-18(31-11-10-24)19(12-16)30-2/h4-9,12-13H,3,11,14H2,1-2H3,(H,25,27)/b20-13-. The van der Waals surface area contributed by atoms with Crippen LogP contribution < -0.4 is 14.8 Å². The van der Waals surface area contributed by atoms with E-state index < -0.39 is 17.1 Å². The Hall–Kier alpha value is -3.77. The lowest BCUT2D eigenvalue weighted by Gasteiger charge is -2.12. The number of thioether (sulfide) groups is 1. The number of hydrogen-bond acceptors (Lipinski definition) is 7. The van der Waals surface area contributed by atoms with Crippen LogP contribution >= 0.6 is 11.8 Å². The SMILES string of the molecule is CCc1ccc(NC(=O)CN2C(=O)S/C(=C\c3ccc(OCC#N)c(OC)c3)C2=O)cc1. The predicted molar refractivity (Wildman–Crippen MR) is 121 cm³/mol. The molecule has 164 valence electrons. The number of benzene rings is 2. The van der Waals surface area contributed by atoms with Gasteiger partial charge in [-0.15, -0.1) is 0 Å². The molecule has 32 heavy (non-hydrogen) atoms. The van der Waals surface area contributed by atoms with Crippen molar-refractivity contribution in [1.82, 2.24) is 4.90 Å². The second-order valence-corrected chi connectivity index (χ2v) is 7.72. The molecule has 0 aromatic heterocycles. The van der Waals surface area contributed by atoms with Crippen molar-refractivity contribution >= 4 is 40.6 Å². The molecular weight excluding hydrogens is 430 g/mol. The summed E-state index contributed by atoms with van der Waals surface area (Å²) in [4.78, 5) is 38.5. The highest BCUT2D eigenvalue weighted by Crippen LogP contribution is 2.34. The highest BCUT2D eigenvalue weighted by atomic mass is 32.2. The second kappa shape index (κ2) is 10.5. The molecule has 0 aliphatic carbocycles. The van der Waals surface area contributed by atoms with Crippen molar-refractivity contribution in [3.63, 3.8) is 0 Å². The van der Waals surface area contributed by atoms with Gasteiger partial charge in [-0.25, -0.2) is 0 Å². The Morgan fingerprint density at radius 3 is 2.59 bits per heavy atom. The van der Waals surface area contributed by atoms with Gasteiger partial charge in [0.1, 0.15) is 12.6 Å². The van der Waals surface area contributed by atoms with Crippen LogP contribution in [-0.4, -0.2) is 42.2 Å². The first-order chi connectivity index (χ1) is 15.4. The van der Waals surface area contributed by atoms with Crippen molar-refractivity contribution in [2.24, 2.45) is 0 Å². The maximum absolute atomic E-state index is 12.7. The minimum absolute atomic E-state index is 0.126. The number of carbonyl (C=O) groups is 3. The fourth-order valence-electron chi connectivity index (χ4n) is 2.96. The molecular formula is C23H21N3O5S. The van der Waals surface area contributed by atoms with Gasteiger partial charge in [-0.1, -0.05) is 25.1 Å². The van der Waals surface area contributed by atoms with E-state index in [1.54, 1.807) is 36.4 Å². The topological polar surface area (TPSA) is 109 Å². The number of imide groups is 1. The molecule has 0 radical (unpaired) electrons. The number of nitrogens with one attached hydrogen (secondary N) is 1. The summed E-state index contributed by atoms with van der Waals surface area (Å²) in [7, 11) is 1.46. The number of anilines is 1. The quantitative estimate of drug-likeness (QED) is 0.608. The van der Waals surface area contributed by atoms with Crippen LogP contribution in [0.2, 0.25) is 0 Å². The molecule has 3 amide bonds. The van der Waals surface area contributed by atoms with Gasteiger partial charge in [0.15, 0.2) is 18.1 Å². The van der Waals surface area contributed by atoms with Gasteiger partial charge >= 0.3 is 0 Å². The van der Waals surface area contributed by atoms with Crippen molar-refractivity contribution in [2.75, 3.05) is 25.6 Å². The number of aryl methyl sites for hydroxylation is 1. The summed E-state index contributed by atoms with van der Waals surface area (Å²) in [6, 6.07) is 14.2. The lowest BCUT2D eigenvalue weighted by atomic mass is 10.1. The van der Waals surface area contributed by atoms with Gasteiger partial charge in [0.2, 0.25) is 5.91 Å². The van der Waals surface area contributed by atoms with Crippen molar-refractivity contribution < 1.29 is 23.9 Å². The molecule has 0 spiro atoms. The summed E-state index contributed by atoms with van der Waals surface area (Å²) < 4.78 is 10.5. The molecule has 8 nitrogen and oxygen atoms in total. The summed E-state index contributed by atoms with van der Waals surface area (Å²) >= 11 is 0.765. The summed E-state index contributed by atoms with van der Waals surface area (Å²) in [5.74, 6) is -0.219. The Labute approximate surface area is 189 Å². The summed E-state index contributed by atoms with van der Waals surface area (Å²) in [6.45, 7) is 1.54. The molecule has 2 aromatic rings. The van der Waals surface area contributed by atoms with Crippen molar-refractivity contribution in [3.05, 3.63) is 58.5 Å². The largest absolute Gasteiger partial charge is 0.493 e. The van der Waals surface area contributed by atoms with Crippen LogP contribution in [0.25, 0.3) is 6.08 Å². The van der Waals surface area contributed by atoms with E-state index in [0.717, 1.165) is 28.6 Å². The number of methoxy groups -OCH3 is 1. The van der Waals surface area contributed by atoms with Crippen LogP contribution in [-0.2, 0) is 16.0 Å². The van der Waals surface area contributed by atoms with Gasteiger partial charge in [-0.05, 0) is 59.7 Å². The smallest absolute Gasteiger partial charge is 0.294 e. The van der Waals surface area contributed by atoms with Crippen LogP contribution in [0.1, 0.15) is 18.1 Å². The Morgan fingerprint density at radius 2 is 1.94 bits per heavy atom. The minimum atomic E-state index is -0.541. The van der Waals surface area contributed by atoms with E-state index in [-0.39, 0.29) is 18.1 Å². The third-order valence-electron chi connectivity index (χ3n) is 4.60. The number of amides is 3. The normalized spacial score (nSPS) is 14.4. The first-order valence-corrected chi connectivity index (χ1v) is 10.6. The Morgan fingerprint density at radius 1 is 1.19 bits per heavy atom. The zero-order chi connectivity index (χ0) is 23.1. The van der Waals surface area contributed by atoms with Crippen LogP contribution in [0.3, 0.4) is 0 Å². The molecule has 0 bridgehead atoms. The molecule has 1 N–H and O–H groups in total. The Kier molecular flexibility index (Phi) is 7.52. The molecule has 1 fully saturated rings. The van der Waals surface area contributed by atoms with Crippen LogP contribution in [0, 0.1) is 11.3 Å². The van der Waals surface area contributed by atoms with E-state index in [0.29, 0.717) is 22.7 Å². The number of nitrogens with zero attached hydrogens (tertiary/aromatic N) is 2. The van der Waals surface area contributed by atoms with E-state index in [9.17, 15) is 14.4 Å². The van der Waals surface area contributed by atoms with E-state index in [1.807, 2.05) is 25.1 Å². The Bertz CT molecular complexity index is 1110. The zero-order valence-electron chi connectivity index (χ0n) is 17.6. The van der Waals surface area contributed by atoms with Gasteiger partial charge in [0, 0.05) is 5.69 Å². The number of hydrogen-bond donors (Lipinski definition) is 1. The molecule has 0 unspecified atom stereocenters. The monoisotopic (exact) mass is 451 g/mol. The van der Waals surface area contributed by atoms with Crippen molar-refractivity contribution in [3.8, 4) is 17.6 Å².